The van der Waals surface area contributed by atoms with Crippen molar-refractivity contribution >= 4 is 17.4 Å². The molecule has 1 heterocycles. The molecule has 0 fully saturated rings. The van der Waals surface area contributed by atoms with Gasteiger partial charge in [0.2, 0.25) is 0 Å². The molecule has 0 aliphatic rings. The summed E-state index contributed by atoms with van der Waals surface area (Å²) in [6, 6.07) is 16.6. The highest BCUT2D eigenvalue weighted by Crippen LogP contribution is 2.18. The van der Waals surface area contributed by atoms with Gasteiger partial charge in [0.15, 0.2) is 0 Å². The average molecular weight is 365 g/mol. The summed E-state index contributed by atoms with van der Waals surface area (Å²) < 4.78 is 18.6. The van der Waals surface area contributed by atoms with Crippen LogP contribution in [-0.2, 0) is 6.61 Å². The van der Waals surface area contributed by atoms with E-state index in [-0.39, 0.29) is 11.7 Å². The number of halogens is 1. The van der Waals surface area contributed by atoms with Gasteiger partial charge in [-0.2, -0.15) is 0 Å². The first-order valence-corrected chi connectivity index (χ1v) is 8.43. The van der Waals surface area contributed by atoms with Crippen molar-refractivity contribution < 1.29 is 13.9 Å². The Bertz CT molecular complexity index is 909. The fourth-order valence-corrected chi connectivity index (χ4v) is 2.40. The molecule has 0 unspecified atom stereocenters. The van der Waals surface area contributed by atoms with Gasteiger partial charge in [0.05, 0.1) is 11.9 Å². The maximum atomic E-state index is 12.9. The first kappa shape index (κ1) is 18.4. The van der Waals surface area contributed by atoms with E-state index in [1.165, 1.54) is 12.1 Å². The van der Waals surface area contributed by atoms with Crippen LogP contribution in [-0.4, -0.2) is 25.0 Å². The summed E-state index contributed by atoms with van der Waals surface area (Å²) in [5.74, 6) is 0.837. The topological polar surface area (TPSA) is 54.5 Å². The molecule has 1 N–H and O–H groups in total. The Balaban J connectivity index is 1.63. The molecule has 5 nitrogen and oxygen atoms in total. The summed E-state index contributed by atoms with van der Waals surface area (Å²) in [6.45, 7) is 0.293. The Morgan fingerprint density at radius 2 is 1.89 bits per heavy atom. The lowest BCUT2D eigenvalue weighted by Gasteiger charge is -2.12. The Morgan fingerprint density at radius 3 is 2.56 bits per heavy atom. The van der Waals surface area contributed by atoms with E-state index in [2.05, 4.69) is 10.3 Å². The maximum absolute atomic E-state index is 12.9. The zero-order valence-corrected chi connectivity index (χ0v) is 15.1. The molecule has 138 valence electrons. The highest BCUT2D eigenvalue weighted by Gasteiger charge is 2.08. The third-order valence-corrected chi connectivity index (χ3v) is 3.88. The van der Waals surface area contributed by atoms with E-state index < -0.39 is 0 Å². The summed E-state index contributed by atoms with van der Waals surface area (Å²) in [6.07, 6.45) is 1.61. The predicted molar refractivity (Wildman–Crippen MR) is 104 cm³/mol. The smallest absolute Gasteiger partial charge is 0.255 e. The summed E-state index contributed by atoms with van der Waals surface area (Å²) in [5, 5.41) is 2.81. The number of ether oxygens (including phenoxy) is 1. The number of aromatic nitrogens is 1. The number of anilines is 2. The summed E-state index contributed by atoms with van der Waals surface area (Å²) in [4.78, 5) is 18.6. The van der Waals surface area contributed by atoms with Crippen LogP contribution in [0.25, 0.3) is 0 Å². The first-order chi connectivity index (χ1) is 13.0. The quantitative estimate of drug-likeness (QED) is 0.714. The van der Waals surface area contributed by atoms with Gasteiger partial charge in [0.25, 0.3) is 5.91 Å². The van der Waals surface area contributed by atoms with Crippen molar-refractivity contribution in [1.82, 2.24) is 4.98 Å². The minimum absolute atomic E-state index is 0.248. The van der Waals surface area contributed by atoms with E-state index >= 15 is 0 Å². The average Bonchev–Trinajstić information content (AvgIpc) is 2.68. The van der Waals surface area contributed by atoms with Gasteiger partial charge in [-0.3, -0.25) is 4.79 Å². The molecule has 1 amide bonds. The highest BCUT2D eigenvalue weighted by atomic mass is 19.1. The Labute approximate surface area is 157 Å². The fourth-order valence-electron chi connectivity index (χ4n) is 2.40. The van der Waals surface area contributed by atoms with Crippen molar-refractivity contribution in [2.24, 2.45) is 0 Å². The van der Waals surface area contributed by atoms with Gasteiger partial charge in [-0.1, -0.05) is 18.2 Å². The van der Waals surface area contributed by atoms with Crippen LogP contribution in [0.1, 0.15) is 15.9 Å². The first-order valence-electron chi connectivity index (χ1n) is 8.43. The fraction of sp³-hybridized carbons (Fsp3) is 0.143. The standard InChI is InChI=1S/C21H20FN3O2/c1-25(2)20-11-10-18(13-23-20)24-21(26)16-4-3-5-19(12-16)27-14-15-6-8-17(22)9-7-15/h3-13H,14H2,1-2H3,(H,24,26). The molecule has 27 heavy (non-hydrogen) atoms. The molecule has 0 radical (unpaired) electrons. The molecule has 2 aromatic carbocycles. The minimum Gasteiger partial charge on any atom is -0.489 e. The van der Waals surface area contributed by atoms with Gasteiger partial charge in [-0.15, -0.1) is 0 Å². The van der Waals surface area contributed by atoms with Crippen LogP contribution in [0, 0.1) is 5.82 Å². The molecule has 6 heteroatoms. The van der Waals surface area contributed by atoms with Crippen LogP contribution in [0.15, 0.2) is 66.9 Å². The predicted octanol–water partition coefficient (Wildman–Crippen LogP) is 4.12. The zero-order valence-electron chi connectivity index (χ0n) is 15.1. The van der Waals surface area contributed by atoms with Gasteiger partial charge < -0.3 is 15.0 Å². The van der Waals surface area contributed by atoms with Crippen LogP contribution in [0.4, 0.5) is 15.9 Å². The van der Waals surface area contributed by atoms with E-state index in [4.69, 9.17) is 4.74 Å². The van der Waals surface area contributed by atoms with Gasteiger partial charge in [-0.25, -0.2) is 9.37 Å². The van der Waals surface area contributed by atoms with Gasteiger partial charge in [0.1, 0.15) is 24.0 Å². The van der Waals surface area contributed by atoms with Crippen molar-refractivity contribution in [1.29, 1.82) is 0 Å². The van der Waals surface area contributed by atoms with Crippen molar-refractivity contribution in [3.63, 3.8) is 0 Å². The third-order valence-electron chi connectivity index (χ3n) is 3.88. The molecule has 0 aliphatic heterocycles. The molecule has 0 spiro atoms. The molecular weight excluding hydrogens is 345 g/mol. The largest absolute Gasteiger partial charge is 0.489 e. The van der Waals surface area contributed by atoms with Crippen LogP contribution in [0.5, 0.6) is 5.75 Å². The highest BCUT2D eigenvalue weighted by molar-refractivity contribution is 6.04. The van der Waals surface area contributed by atoms with Gasteiger partial charge in [0, 0.05) is 19.7 Å². The van der Waals surface area contributed by atoms with E-state index in [0.29, 0.717) is 23.6 Å². The molecule has 0 saturated heterocycles. The lowest BCUT2D eigenvalue weighted by molar-refractivity contribution is 0.102. The number of nitrogens with zero attached hydrogens (tertiary/aromatic N) is 2. The molecule has 3 aromatic rings. The van der Waals surface area contributed by atoms with Gasteiger partial charge >= 0.3 is 0 Å². The van der Waals surface area contributed by atoms with E-state index in [0.717, 1.165) is 11.4 Å². The van der Waals surface area contributed by atoms with Crippen molar-refractivity contribution in [2.75, 3.05) is 24.3 Å². The number of amides is 1. The molecule has 0 bridgehead atoms. The van der Waals surface area contributed by atoms with E-state index in [1.807, 2.05) is 25.1 Å². The number of pyridine rings is 1. The van der Waals surface area contributed by atoms with Crippen LogP contribution in [0.3, 0.4) is 0 Å². The lowest BCUT2D eigenvalue weighted by Crippen LogP contribution is -2.13. The van der Waals surface area contributed by atoms with Crippen molar-refractivity contribution in [3.05, 3.63) is 83.8 Å². The summed E-state index contributed by atoms with van der Waals surface area (Å²) in [7, 11) is 3.80. The lowest BCUT2D eigenvalue weighted by atomic mass is 10.2. The number of carbonyl (C=O) groups is 1. The van der Waals surface area contributed by atoms with Crippen LogP contribution in [0.2, 0.25) is 0 Å². The second-order valence-corrected chi connectivity index (χ2v) is 6.20. The number of carbonyl (C=O) groups excluding carboxylic acids is 1. The van der Waals surface area contributed by atoms with Gasteiger partial charge in [-0.05, 0) is 48.0 Å². The third kappa shape index (κ3) is 5.04. The molecule has 0 atom stereocenters. The molecule has 3 rings (SSSR count). The number of benzene rings is 2. The summed E-state index contributed by atoms with van der Waals surface area (Å²) >= 11 is 0. The van der Waals surface area contributed by atoms with E-state index in [9.17, 15) is 9.18 Å². The Hall–Kier alpha value is -3.41. The Morgan fingerprint density at radius 1 is 1.11 bits per heavy atom. The summed E-state index contributed by atoms with van der Waals surface area (Å²) in [5.41, 5.74) is 1.94. The van der Waals surface area contributed by atoms with Crippen LogP contribution >= 0.6 is 0 Å². The van der Waals surface area contributed by atoms with Crippen LogP contribution < -0.4 is 15.0 Å². The minimum atomic E-state index is -0.287. The zero-order chi connectivity index (χ0) is 19.2. The van der Waals surface area contributed by atoms with Crippen molar-refractivity contribution in [3.8, 4) is 5.75 Å². The second-order valence-electron chi connectivity index (χ2n) is 6.20. The number of hydrogen-bond donors (Lipinski definition) is 1. The normalized spacial score (nSPS) is 10.3. The SMILES string of the molecule is CN(C)c1ccc(NC(=O)c2cccc(OCc3ccc(F)cc3)c2)cn1. The van der Waals surface area contributed by atoms with Crippen molar-refractivity contribution in [2.45, 2.75) is 6.61 Å². The van der Waals surface area contributed by atoms with E-state index in [1.54, 1.807) is 48.7 Å². The number of nitrogens with one attached hydrogen (secondary N) is 1. The Kier molecular flexibility index (Phi) is 5.66. The second kappa shape index (κ2) is 8.31. The monoisotopic (exact) mass is 365 g/mol. The molecule has 1 aromatic heterocycles. The molecule has 0 saturated carbocycles. The number of hydrogen-bond acceptors (Lipinski definition) is 4. The molecule has 0 aliphatic carbocycles. The maximum Gasteiger partial charge on any atom is 0.255 e. The number of rotatable bonds is 6. The molecular formula is C21H20FN3O2.